The Bertz CT molecular complexity index is 537. The Labute approximate surface area is 130 Å². The molecule has 0 unspecified atom stereocenters. The van der Waals surface area contributed by atoms with Gasteiger partial charge in [-0.05, 0) is 25.0 Å². The molecule has 2 rings (SSSR count). The highest BCUT2D eigenvalue weighted by atomic mass is 16.5. The number of methoxy groups -OCH3 is 1. The summed E-state index contributed by atoms with van der Waals surface area (Å²) in [5.74, 6) is 0.150. The second kappa shape index (κ2) is 7.68. The fourth-order valence-electron chi connectivity index (χ4n) is 2.50. The lowest BCUT2D eigenvalue weighted by molar-refractivity contribution is -0.133. The Morgan fingerprint density at radius 2 is 1.86 bits per heavy atom. The van der Waals surface area contributed by atoms with E-state index in [1.54, 1.807) is 12.1 Å². The van der Waals surface area contributed by atoms with Crippen molar-refractivity contribution >= 4 is 11.8 Å². The van der Waals surface area contributed by atoms with Crippen LogP contribution in [0.2, 0.25) is 0 Å². The van der Waals surface area contributed by atoms with Crippen molar-refractivity contribution in [1.82, 2.24) is 4.90 Å². The van der Waals surface area contributed by atoms with Crippen LogP contribution in [0.25, 0.3) is 0 Å². The summed E-state index contributed by atoms with van der Waals surface area (Å²) in [6.45, 7) is 1.43. The maximum atomic E-state index is 12.2. The quantitative estimate of drug-likeness (QED) is 0.895. The lowest BCUT2D eigenvalue weighted by Gasteiger charge is -2.20. The zero-order chi connectivity index (χ0) is 15.9. The fraction of sp³-hybridized carbons (Fsp3) is 0.500. The van der Waals surface area contributed by atoms with Crippen LogP contribution in [0.5, 0.6) is 11.5 Å². The van der Waals surface area contributed by atoms with Gasteiger partial charge in [0.25, 0.3) is 11.8 Å². The largest absolute Gasteiger partial charge is 0.497 e. The Balaban J connectivity index is 2.03. The summed E-state index contributed by atoms with van der Waals surface area (Å²) in [4.78, 5) is 25.4. The number of nitrogens with zero attached hydrogens (tertiary/aromatic N) is 1. The highest BCUT2D eigenvalue weighted by Crippen LogP contribution is 2.24. The molecule has 1 heterocycles. The molecule has 0 radical (unpaired) electrons. The maximum Gasteiger partial charge on any atom is 0.260 e. The smallest absolute Gasteiger partial charge is 0.260 e. The molecule has 0 bridgehead atoms. The van der Waals surface area contributed by atoms with Gasteiger partial charge in [0.05, 0.1) is 12.7 Å². The predicted octanol–water partition coefficient (Wildman–Crippen LogP) is 1.58. The van der Waals surface area contributed by atoms with E-state index in [0.29, 0.717) is 5.75 Å². The van der Waals surface area contributed by atoms with E-state index in [1.165, 1.54) is 13.2 Å². The molecule has 2 amide bonds. The van der Waals surface area contributed by atoms with Gasteiger partial charge in [0.1, 0.15) is 11.5 Å². The first-order chi connectivity index (χ1) is 10.6. The van der Waals surface area contributed by atoms with Crippen molar-refractivity contribution < 1.29 is 19.1 Å². The first kappa shape index (κ1) is 16.1. The summed E-state index contributed by atoms with van der Waals surface area (Å²) in [7, 11) is 1.52. The molecule has 120 valence electrons. The van der Waals surface area contributed by atoms with Gasteiger partial charge in [-0.25, -0.2) is 0 Å². The van der Waals surface area contributed by atoms with Gasteiger partial charge < -0.3 is 20.1 Å². The van der Waals surface area contributed by atoms with Crippen molar-refractivity contribution in [2.75, 3.05) is 26.8 Å². The minimum Gasteiger partial charge on any atom is -0.497 e. The zero-order valence-corrected chi connectivity index (χ0v) is 12.8. The topological polar surface area (TPSA) is 81.9 Å². The molecule has 0 saturated carbocycles. The second-order valence-electron chi connectivity index (χ2n) is 5.31. The Hall–Kier alpha value is -2.24. The van der Waals surface area contributed by atoms with Gasteiger partial charge in [0.2, 0.25) is 0 Å². The van der Waals surface area contributed by atoms with Crippen molar-refractivity contribution in [3.8, 4) is 11.5 Å². The number of amides is 2. The van der Waals surface area contributed by atoms with E-state index in [4.69, 9.17) is 15.2 Å². The summed E-state index contributed by atoms with van der Waals surface area (Å²) < 4.78 is 10.6. The third kappa shape index (κ3) is 4.13. The third-order valence-corrected chi connectivity index (χ3v) is 3.76. The summed E-state index contributed by atoms with van der Waals surface area (Å²) >= 11 is 0. The second-order valence-corrected chi connectivity index (χ2v) is 5.31. The van der Waals surface area contributed by atoms with Crippen molar-refractivity contribution in [3.63, 3.8) is 0 Å². The fourth-order valence-corrected chi connectivity index (χ4v) is 2.50. The van der Waals surface area contributed by atoms with Crippen LogP contribution in [0, 0.1) is 0 Å². The van der Waals surface area contributed by atoms with Crippen molar-refractivity contribution in [2.24, 2.45) is 5.73 Å². The summed E-state index contributed by atoms with van der Waals surface area (Å²) in [5, 5.41) is 0. The number of hydrogen-bond donors (Lipinski definition) is 1. The SMILES string of the molecule is COc1ccc(C(N)=O)c(OCC(=O)N2CCCCCC2)c1. The maximum absolute atomic E-state index is 12.2. The molecule has 0 aliphatic carbocycles. The lowest BCUT2D eigenvalue weighted by Crippen LogP contribution is -2.35. The first-order valence-electron chi connectivity index (χ1n) is 7.50. The molecular formula is C16H22N2O4. The van der Waals surface area contributed by atoms with Crippen molar-refractivity contribution in [3.05, 3.63) is 23.8 Å². The number of carbonyl (C=O) groups is 2. The summed E-state index contributed by atoms with van der Waals surface area (Å²) in [6, 6.07) is 4.73. The molecule has 1 aromatic carbocycles. The van der Waals surface area contributed by atoms with Gasteiger partial charge in [-0.2, -0.15) is 0 Å². The zero-order valence-electron chi connectivity index (χ0n) is 12.8. The number of hydrogen-bond acceptors (Lipinski definition) is 4. The van der Waals surface area contributed by atoms with E-state index in [9.17, 15) is 9.59 Å². The molecule has 1 aromatic rings. The van der Waals surface area contributed by atoms with Crippen LogP contribution in [0.3, 0.4) is 0 Å². The molecular weight excluding hydrogens is 284 g/mol. The van der Waals surface area contributed by atoms with Gasteiger partial charge in [-0.15, -0.1) is 0 Å². The summed E-state index contributed by atoms with van der Waals surface area (Å²) in [5.41, 5.74) is 5.56. The van der Waals surface area contributed by atoms with E-state index in [2.05, 4.69) is 0 Å². The summed E-state index contributed by atoms with van der Waals surface area (Å²) in [6.07, 6.45) is 4.37. The van der Waals surface area contributed by atoms with Gasteiger partial charge in [-0.1, -0.05) is 12.8 Å². The first-order valence-corrected chi connectivity index (χ1v) is 7.50. The van der Waals surface area contributed by atoms with Crippen molar-refractivity contribution in [1.29, 1.82) is 0 Å². The Morgan fingerprint density at radius 3 is 2.45 bits per heavy atom. The average molecular weight is 306 g/mol. The molecule has 1 aliphatic heterocycles. The van der Waals surface area contributed by atoms with Gasteiger partial charge >= 0.3 is 0 Å². The predicted molar refractivity (Wildman–Crippen MR) is 82.1 cm³/mol. The van der Waals surface area contributed by atoms with Crippen LogP contribution in [-0.2, 0) is 4.79 Å². The molecule has 22 heavy (non-hydrogen) atoms. The molecule has 0 atom stereocenters. The number of likely N-dealkylation sites (tertiary alicyclic amines) is 1. The molecule has 1 aliphatic rings. The Kier molecular flexibility index (Phi) is 5.63. The molecule has 1 fully saturated rings. The molecule has 6 nitrogen and oxygen atoms in total. The van der Waals surface area contributed by atoms with Crippen LogP contribution in [-0.4, -0.2) is 43.5 Å². The normalized spacial score (nSPS) is 15.0. The molecule has 0 spiro atoms. The standard InChI is InChI=1S/C16H22N2O4/c1-21-12-6-7-13(16(17)20)14(10-12)22-11-15(19)18-8-4-2-3-5-9-18/h6-7,10H,2-5,8-9,11H2,1H3,(H2,17,20). The van der Waals surface area contributed by atoms with Crippen LogP contribution in [0.1, 0.15) is 36.0 Å². The molecule has 2 N–H and O–H groups in total. The number of nitrogens with two attached hydrogens (primary N) is 1. The number of benzene rings is 1. The Morgan fingerprint density at radius 1 is 1.18 bits per heavy atom. The molecule has 6 heteroatoms. The minimum atomic E-state index is -0.597. The minimum absolute atomic E-state index is 0.0693. The number of carbonyl (C=O) groups excluding carboxylic acids is 2. The van der Waals surface area contributed by atoms with E-state index >= 15 is 0 Å². The number of primary amides is 1. The molecule has 1 saturated heterocycles. The van der Waals surface area contributed by atoms with Gasteiger partial charge in [-0.3, -0.25) is 9.59 Å². The lowest BCUT2D eigenvalue weighted by atomic mass is 10.2. The van der Waals surface area contributed by atoms with Gasteiger partial charge in [0, 0.05) is 19.2 Å². The highest BCUT2D eigenvalue weighted by molar-refractivity contribution is 5.96. The van der Waals surface area contributed by atoms with Crippen LogP contribution >= 0.6 is 0 Å². The van der Waals surface area contributed by atoms with Gasteiger partial charge in [0.15, 0.2) is 6.61 Å². The van der Waals surface area contributed by atoms with Crippen LogP contribution < -0.4 is 15.2 Å². The van der Waals surface area contributed by atoms with Crippen LogP contribution in [0.4, 0.5) is 0 Å². The third-order valence-electron chi connectivity index (χ3n) is 3.76. The van der Waals surface area contributed by atoms with E-state index in [-0.39, 0.29) is 23.8 Å². The van der Waals surface area contributed by atoms with Crippen LogP contribution in [0.15, 0.2) is 18.2 Å². The van der Waals surface area contributed by atoms with Crippen molar-refractivity contribution in [2.45, 2.75) is 25.7 Å². The highest BCUT2D eigenvalue weighted by Gasteiger charge is 2.18. The van der Waals surface area contributed by atoms with E-state index < -0.39 is 5.91 Å². The number of rotatable bonds is 5. The monoisotopic (exact) mass is 306 g/mol. The van der Waals surface area contributed by atoms with E-state index in [1.807, 2.05) is 4.90 Å². The van der Waals surface area contributed by atoms with E-state index in [0.717, 1.165) is 38.8 Å². The number of ether oxygens (including phenoxy) is 2. The molecule has 0 aromatic heterocycles. The average Bonchev–Trinajstić information content (AvgIpc) is 2.81.